The first-order valence-corrected chi connectivity index (χ1v) is 10.3. The highest BCUT2D eigenvalue weighted by atomic mass is 28.3. The van der Waals surface area contributed by atoms with Crippen molar-refractivity contribution in [3.63, 3.8) is 0 Å². The molecule has 0 aliphatic carbocycles. The molecule has 25 heavy (non-hydrogen) atoms. The van der Waals surface area contributed by atoms with Crippen molar-refractivity contribution in [3.05, 3.63) is 103 Å². The van der Waals surface area contributed by atoms with E-state index in [1.807, 2.05) is 18.2 Å². The largest absolute Gasteiger partial charge is 0.466 e. The first kappa shape index (κ1) is 16.9. The van der Waals surface area contributed by atoms with Gasteiger partial charge >= 0.3 is 5.97 Å². The van der Waals surface area contributed by atoms with Crippen molar-refractivity contribution in [2.75, 3.05) is 7.11 Å². The van der Waals surface area contributed by atoms with Crippen molar-refractivity contribution < 1.29 is 9.53 Å². The number of carbonyl (C=O) groups excluding carboxylic acids is 1. The summed E-state index contributed by atoms with van der Waals surface area (Å²) in [5.41, 5.74) is 2.07. The lowest BCUT2D eigenvalue weighted by molar-refractivity contribution is -0.134. The quantitative estimate of drug-likeness (QED) is 0.308. The number of hydrogen-bond acceptors (Lipinski definition) is 2. The highest BCUT2D eigenvalue weighted by molar-refractivity contribution is 7.14. The van der Waals surface area contributed by atoms with Gasteiger partial charge in [0.2, 0.25) is 0 Å². The summed E-state index contributed by atoms with van der Waals surface area (Å²) in [6.07, 6.45) is 1.57. The van der Waals surface area contributed by atoms with E-state index in [0.29, 0.717) is 0 Å². The van der Waals surface area contributed by atoms with Crippen LogP contribution < -0.4 is 15.6 Å². The zero-order valence-corrected chi connectivity index (χ0v) is 15.1. The summed E-state index contributed by atoms with van der Waals surface area (Å²) in [6, 6.07) is 31.2. The molecule has 0 aliphatic heterocycles. The second-order valence-corrected chi connectivity index (χ2v) is 9.44. The van der Waals surface area contributed by atoms with Crippen LogP contribution in [0.1, 0.15) is 0 Å². The Morgan fingerprint density at radius 1 is 0.720 bits per heavy atom. The van der Waals surface area contributed by atoms with Crippen LogP contribution >= 0.6 is 0 Å². The summed E-state index contributed by atoms with van der Waals surface area (Å²) in [5.74, 6) is -0.334. The summed E-state index contributed by atoms with van der Waals surface area (Å²) in [5, 5.41) is 3.69. The standard InChI is InChI=1S/C22H20O2Si/c1-24-22(23)17-18-25(19-11-5-2-6-12-19,20-13-7-3-8-14-20)21-15-9-4-10-16-21/h2-18H,1H3/b18-17+. The van der Waals surface area contributed by atoms with Crippen molar-refractivity contribution in [1.82, 2.24) is 0 Å². The second-order valence-electron chi connectivity index (χ2n) is 5.76. The maximum absolute atomic E-state index is 11.9. The van der Waals surface area contributed by atoms with Crippen molar-refractivity contribution in [2.45, 2.75) is 0 Å². The van der Waals surface area contributed by atoms with E-state index in [1.165, 1.54) is 22.7 Å². The molecular formula is C22H20O2Si. The van der Waals surface area contributed by atoms with Crippen molar-refractivity contribution in [2.24, 2.45) is 0 Å². The van der Waals surface area contributed by atoms with Gasteiger partial charge in [-0.3, -0.25) is 0 Å². The number of rotatable bonds is 5. The molecule has 124 valence electrons. The minimum Gasteiger partial charge on any atom is -0.466 e. The Balaban J connectivity index is 2.31. The Kier molecular flexibility index (Phi) is 5.26. The number of methoxy groups -OCH3 is 1. The molecule has 3 rings (SSSR count). The average molecular weight is 344 g/mol. The Labute approximate surface area is 149 Å². The van der Waals surface area contributed by atoms with Crippen LogP contribution in [0, 0.1) is 0 Å². The van der Waals surface area contributed by atoms with Crippen LogP contribution in [0.4, 0.5) is 0 Å². The molecule has 0 atom stereocenters. The zero-order valence-electron chi connectivity index (χ0n) is 14.1. The highest BCUT2D eigenvalue weighted by Crippen LogP contribution is 2.10. The highest BCUT2D eigenvalue weighted by Gasteiger charge is 2.36. The average Bonchev–Trinajstić information content (AvgIpc) is 2.71. The normalized spacial score (nSPS) is 11.4. The van der Waals surface area contributed by atoms with E-state index in [-0.39, 0.29) is 5.97 Å². The Morgan fingerprint density at radius 2 is 1.08 bits per heavy atom. The van der Waals surface area contributed by atoms with Gasteiger partial charge in [-0.25, -0.2) is 4.79 Å². The maximum Gasteiger partial charge on any atom is 0.329 e. The Bertz CT molecular complexity index is 746. The number of hydrogen-bond donors (Lipinski definition) is 0. The SMILES string of the molecule is COC(=O)/C=C/[Si](c1ccccc1)(c1ccccc1)c1ccccc1. The first-order valence-electron chi connectivity index (χ1n) is 8.21. The van der Waals surface area contributed by atoms with Crippen LogP contribution in [0.3, 0.4) is 0 Å². The lowest BCUT2D eigenvalue weighted by Crippen LogP contribution is -2.66. The molecule has 3 aromatic rings. The van der Waals surface area contributed by atoms with Crippen LogP contribution in [-0.4, -0.2) is 21.2 Å². The van der Waals surface area contributed by atoms with E-state index in [2.05, 4.69) is 78.5 Å². The lowest BCUT2D eigenvalue weighted by Gasteiger charge is -2.30. The van der Waals surface area contributed by atoms with Crippen molar-refractivity contribution in [3.8, 4) is 0 Å². The first-order chi connectivity index (χ1) is 12.3. The predicted octanol–water partition coefficient (Wildman–Crippen LogP) is 2.43. The monoisotopic (exact) mass is 344 g/mol. The fourth-order valence-electron chi connectivity index (χ4n) is 3.15. The summed E-state index contributed by atoms with van der Waals surface area (Å²) < 4.78 is 4.85. The predicted molar refractivity (Wildman–Crippen MR) is 105 cm³/mol. The molecule has 0 spiro atoms. The van der Waals surface area contributed by atoms with Gasteiger partial charge in [0.15, 0.2) is 8.07 Å². The summed E-state index contributed by atoms with van der Waals surface area (Å²) in [6.45, 7) is 0. The van der Waals surface area contributed by atoms with Crippen LogP contribution in [0.25, 0.3) is 0 Å². The minimum absolute atomic E-state index is 0.334. The van der Waals surface area contributed by atoms with Gasteiger partial charge < -0.3 is 4.74 Å². The van der Waals surface area contributed by atoms with Gasteiger partial charge in [0, 0.05) is 6.08 Å². The molecule has 0 bridgehead atoms. The topological polar surface area (TPSA) is 26.3 Å². The Morgan fingerprint density at radius 3 is 1.40 bits per heavy atom. The number of benzene rings is 3. The molecule has 0 unspecified atom stereocenters. The van der Waals surface area contributed by atoms with Gasteiger partial charge in [-0.15, -0.1) is 0 Å². The molecule has 0 saturated carbocycles. The molecule has 0 aliphatic rings. The lowest BCUT2D eigenvalue weighted by atomic mass is 10.3. The van der Waals surface area contributed by atoms with E-state index in [9.17, 15) is 4.79 Å². The van der Waals surface area contributed by atoms with Gasteiger partial charge in [0.05, 0.1) is 7.11 Å². The minimum atomic E-state index is -2.48. The van der Waals surface area contributed by atoms with E-state index in [0.717, 1.165) is 0 Å². The number of ether oxygens (including phenoxy) is 1. The number of carbonyl (C=O) groups is 1. The van der Waals surface area contributed by atoms with Crippen LogP contribution in [0.2, 0.25) is 0 Å². The van der Waals surface area contributed by atoms with Gasteiger partial charge in [-0.1, -0.05) is 96.7 Å². The molecule has 2 nitrogen and oxygen atoms in total. The van der Waals surface area contributed by atoms with E-state index >= 15 is 0 Å². The molecule has 0 radical (unpaired) electrons. The smallest absolute Gasteiger partial charge is 0.329 e. The maximum atomic E-state index is 11.9. The molecule has 0 heterocycles. The van der Waals surface area contributed by atoms with Gasteiger partial charge in [-0.2, -0.15) is 0 Å². The molecule has 0 amide bonds. The van der Waals surface area contributed by atoms with Crippen molar-refractivity contribution >= 4 is 29.6 Å². The summed E-state index contributed by atoms with van der Waals surface area (Å²) in [7, 11) is -1.08. The van der Waals surface area contributed by atoms with E-state index in [1.54, 1.807) is 6.08 Å². The third kappa shape index (κ3) is 3.46. The summed E-state index contributed by atoms with van der Waals surface area (Å²) >= 11 is 0. The third-order valence-corrected chi connectivity index (χ3v) is 8.76. The third-order valence-electron chi connectivity index (χ3n) is 4.36. The van der Waals surface area contributed by atoms with Crippen LogP contribution in [-0.2, 0) is 9.53 Å². The van der Waals surface area contributed by atoms with Gasteiger partial charge in [0.1, 0.15) is 0 Å². The summed E-state index contributed by atoms with van der Waals surface area (Å²) in [4.78, 5) is 11.9. The van der Waals surface area contributed by atoms with Crippen LogP contribution in [0.5, 0.6) is 0 Å². The molecular weight excluding hydrogens is 324 g/mol. The molecule has 3 heteroatoms. The van der Waals surface area contributed by atoms with Crippen LogP contribution in [0.15, 0.2) is 103 Å². The fraction of sp³-hybridized carbons (Fsp3) is 0.0455. The Hall–Kier alpha value is -2.91. The molecule has 0 N–H and O–H groups in total. The molecule has 0 fully saturated rings. The fourth-order valence-corrected chi connectivity index (χ4v) is 7.27. The number of esters is 1. The molecule has 0 saturated heterocycles. The molecule has 3 aromatic carbocycles. The van der Waals surface area contributed by atoms with E-state index in [4.69, 9.17) is 4.74 Å². The van der Waals surface area contributed by atoms with Gasteiger partial charge in [0.25, 0.3) is 0 Å². The zero-order chi connectivity index (χ0) is 17.5. The molecule has 0 aromatic heterocycles. The van der Waals surface area contributed by atoms with E-state index < -0.39 is 8.07 Å². The second kappa shape index (κ2) is 7.77. The van der Waals surface area contributed by atoms with Gasteiger partial charge in [-0.05, 0) is 15.6 Å². The van der Waals surface area contributed by atoms with Crippen molar-refractivity contribution in [1.29, 1.82) is 0 Å².